The number of aliphatic hydroxyl groups excluding tert-OH is 3. The van der Waals surface area contributed by atoms with Gasteiger partial charge in [0.05, 0.1) is 24.5 Å². The number of anilines is 1. The smallest absolute Gasteiger partial charge is 0.269 e. The quantitative estimate of drug-likeness (QED) is 0.177. The van der Waals surface area contributed by atoms with Crippen LogP contribution >= 0.6 is 0 Å². The topological polar surface area (TPSA) is 195 Å². The Labute approximate surface area is 220 Å². The van der Waals surface area contributed by atoms with Crippen molar-refractivity contribution in [2.24, 2.45) is 0 Å². The van der Waals surface area contributed by atoms with Crippen LogP contribution in [0.1, 0.15) is 22.1 Å². The summed E-state index contributed by atoms with van der Waals surface area (Å²) < 4.78 is 12.9. The Morgan fingerprint density at radius 2 is 1.85 bits per heavy atom. The maximum Gasteiger partial charge on any atom is 0.269 e. The fraction of sp³-hybridized carbons (Fsp3) is 0.280. The van der Waals surface area contributed by atoms with Crippen molar-refractivity contribution < 1.29 is 34.5 Å². The van der Waals surface area contributed by atoms with Crippen molar-refractivity contribution in [3.05, 3.63) is 82.2 Å². The molecule has 4 N–H and O–H groups in total. The predicted molar refractivity (Wildman–Crippen MR) is 135 cm³/mol. The van der Waals surface area contributed by atoms with Crippen molar-refractivity contribution in [3.8, 4) is 5.88 Å². The molecule has 2 aromatic carbocycles. The molecule has 0 bridgehead atoms. The molecule has 3 heterocycles. The normalized spacial score (nSPS) is 20.7. The summed E-state index contributed by atoms with van der Waals surface area (Å²) in [5.41, 5.74) is 1.49. The summed E-state index contributed by atoms with van der Waals surface area (Å²) in [5, 5.41) is 43.7. The number of nitro groups is 1. The number of ether oxygens (including phenoxy) is 2. The molecule has 0 radical (unpaired) electrons. The van der Waals surface area contributed by atoms with E-state index in [-0.39, 0.29) is 35.3 Å². The van der Waals surface area contributed by atoms with E-state index < -0.39 is 42.0 Å². The minimum absolute atomic E-state index is 0.0219. The lowest BCUT2D eigenvalue weighted by atomic mass is 10.1. The highest BCUT2D eigenvalue weighted by Gasteiger charge is 2.44. The Morgan fingerprint density at radius 1 is 1.10 bits per heavy atom. The van der Waals surface area contributed by atoms with E-state index in [2.05, 4.69) is 20.3 Å². The standard InChI is InChI=1S/C25H24N6O8/c32-12-17-19(33)20(34)24(39-17)30-13-26-18-21(30)27-25(28-22(35)15-4-2-1-3-5-15)29-23(18)38-11-10-14-6-8-16(9-7-14)31(36)37/h1-9,13,17,19-20,24,32-34H,10-12H2,(H,27,28,29,35)/t17-,19-,20-,24-/m1/s1. The molecular formula is C25H24N6O8. The van der Waals surface area contributed by atoms with Gasteiger partial charge in [0.2, 0.25) is 11.8 Å². The lowest BCUT2D eigenvalue weighted by Gasteiger charge is -2.17. The van der Waals surface area contributed by atoms with Crippen molar-refractivity contribution in [2.45, 2.75) is 31.0 Å². The number of aliphatic hydroxyl groups is 3. The zero-order chi connectivity index (χ0) is 27.5. The van der Waals surface area contributed by atoms with E-state index in [4.69, 9.17) is 9.47 Å². The van der Waals surface area contributed by atoms with Gasteiger partial charge in [0, 0.05) is 24.1 Å². The maximum absolute atomic E-state index is 12.8. The molecule has 14 heteroatoms. The summed E-state index contributed by atoms with van der Waals surface area (Å²) in [6.45, 7) is -0.386. The number of imidazole rings is 1. The molecule has 202 valence electrons. The fourth-order valence-electron chi connectivity index (χ4n) is 4.16. The van der Waals surface area contributed by atoms with Gasteiger partial charge in [0.25, 0.3) is 11.6 Å². The molecule has 1 amide bonds. The SMILES string of the molecule is O=C(Nc1nc(OCCc2ccc([N+](=O)[O-])cc2)c2ncn([C@@H]3O[C@H](CO)[C@@H](O)[C@H]3O)c2n1)c1ccccc1. The second kappa shape index (κ2) is 11.1. The van der Waals surface area contributed by atoms with Crippen LogP contribution in [0, 0.1) is 10.1 Å². The molecule has 1 fully saturated rings. The molecule has 0 spiro atoms. The lowest BCUT2D eigenvalue weighted by Crippen LogP contribution is -2.33. The number of nitrogens with zero attached hydrogens (tertiary/aromatic N) is 5. The predicted octanol–water partition coefficient (Wildman–Crippen LogP) is 1.22. The van der Waals surface area contributed by atoms with Crippen LogP contribution in [0.25, 0.3) is 11.2 Å². The number of non-ortho nitro benzene ring substituents is 1. The number of nitro benzene ring substituents is 1. The summed E-state index contributed by atoms with van der Waals surface area (Å²) in [6.07, 6.45) is -3.14. The van der Waals surface area contributed by atoms with E-state index in [9.17, 15) is 30.2 Å². The Morgan fingerprint density at radius 3 is 2.51 bits per heavy atom. The largest absolute Gasteiger partial charge is 0.476 e. The third-order valence-corrected chi connectivity index (χ3v) is 6.22. The molecule has 2 aromatic heterocycles. The van der Waals surface area contributed by atoms with Crippen molar-refractivity contribution in [3.63, 3.8) is 0 Å². The first-order valence-corrected chi connectivity index (χ1v) is 11.9. The van der Waals surface area contributed by atoms with Crippen LogP contribution < -0.4 is 10.1 Å². The molecular weight excluding hydrogens is 512 g/mol. The molecule has 1 saturated heterocycles. The molecule has 14 nitrogen and oxygen atoms in total. The van der Waals surface area contributed by atoms with Crippen LogP contribution in [0.15, 0.2) is 60.9 Å². The second-order valence-corrected chi connectivity index (χ2v) is 8.75. The Balaban J connectivity index is 1.44. The summed E-state index contributed by atoms with van der Waals surface area (Å²) in [7, 11) is 0. The van der Waals surface area contributed by atoms with Gasteiger partial charge in [-0.15, -0.1) is 0 Å². The van der Waals surface area contributed by atoms with Gasteiger partial charge in [0.1, 0.15) is 18.3 Å². The van der Waals surface area contributed by atoms with Crippen LogP contribution in [0.4, 0.5) is 11.6 Å². The van der Waals surface area contributed by atoms with Crippen LogP contribution in [0.5, 0.6) is 5.88 Å². The Kier molecular flexibility index (Phi) is 7.42. The first kappa shape index (κ1) is 26.1. The molecule has 5 rings (SSSR count). The summed E-state index contributed by atoms with van der Waals surface area (Å²) in [5.74, 6) is -0.531. The molecule has 4 atom stereocenters. The van der Waals surface area contributed by atoms with E-state index >= 15 is 0 Å². The fourth-order valence-corrected chi connectivity index (χ4v) is 4.16. The van der Waals surface area contributed by atoms with Gasteiger partial charge in [0.15, 0.2) is 17.4 Å². The number of hydrogen-bond donors (Lipinski definition) is 4. The number of fused-ring (bicyclic) bond motifs is 1. The molecule has 4 aromatic rings. The van der Waals surface area contributed by atoms with Gasteiger partial charge < -0.3 is 24.8 Å². The van der Waals surface area contributed by atoms with Crippen LogP contribution in [-0.4, -0.2) is 77.2 Å². The second-order valence-electron chi connectivity index (χ2n) is 8.75. The average molecular weight is 537 g/mol. The van der Waals surface area contributed by atoms with Crippen LogP contribution in [-0.2, 0) is 11.2 Å². The third kappa shape index (κ3) is 5.39. The average Bonchev–Trinajstić information content (AvgIpc) is 3.49. The van der Waals surface area contributed by atoms with Crippen LogP contribution in [0.2, 0.25) is 0 Å². The number of aromatic nitrogens is 4. The number of amides is 1. The third-order valence-electron chi connectivity index (χ3n) is 6.22. The van der Waals surface area contributed by atoms with Crippen molar-refractivity contribution in [1.82, 2.24) is 19.5 Å². The van der Waals surface area contributed by atoms with Gasteiger partial charge in [-0.25, -0.2) is 4.98 Å². The Bertz CT molecular complexity index is 1480. The van der Waals surface area contributed by atoms with Gasteiger partial charge in [-0.05, 0) is 17.7 Å². The van der Waals surface area contributed by atoms with E-state index in [0.29, 0.717) is 12.0 Å². The number of rotatable bonds is 9. The molecule has 0 unspecified atom stereocenters. The van der Waals surface area contributed by atoms with Crippen molar-refractivity contribution in [2.75, 3.05) is 18.5 Å². The number of nitrogens with one attached hydrogen (secondary N) is 1. The first-order valence-electron chi connectivity index (χ1n) is 11.9. The minimum atomic E-state index is -1.39. The van der Waals surface area contributed by atoms with E-state index in [1.807, 2.05) is 0 Å². The number of benzene rings is 2. The summed E-state index contributed by atoms with van der Waals surface area (Å²) in [4.78, 5) is 36.2. The molecule has 1 aliphatic rings. The first-order chi connectivity index (χ1) is 18.9. The van der Waals surface area contributed by atoms with E-state index in [1.54, 1.807) is 42.5 Å². The highest BCUT2D eigenvalue weighted by atomic mass is 16.6. The maximum atomic E-state index is 12.8. The zero-order valence-electron chi connectivity index (χ0n) is 20.3. The zero-order valence-corrected chi connectivity index (χ0v) is 20.3. The molecule has 0 saturated carbocycles. The number of carbonyl (C=O) groups excluding carboxylic acids is 1. The van der Waals surface area contributed by atoms with Gasteiger partial charge in [-0.1, -0.05) is 30.3 Å². The molecule has 1 aliphatic heterocycles. The number of carbonyl (C=O) groups is 1. The van der Waals surface area contributed by atoms with Crippen molar-refractivity contribution >= 4 is 28.7 Å². The minimum Gasteiger partial charge on any atom is -0.476 e. The van der Waals surface area contributed by atoms with Gasteiger partial charge in [-0.2, -0.15) is 9.97 Å². The van der Waals surface area contributed by atoms with Gasteiger partial charge in [-0.3, -0.25) is 24.8 Å². The lowest BCUT2D eigenvalue weighted by molar-refractivity contribution is -0.384. The van der Waals surface area contributed by atoms with Crippen molar-refractivity contribution in [1.29, 1.82) is 0 Å². The van der Waals surface area contributed by atoms with Crippen LogP contribution in [0.3, 0.4) is 0 Å². The van der Waals surface area contributed by atoms with Gasteiger partial charge >= 0.3 is 0 Å². The monoisotopic (exact) mass is 536 g/mol. The molecule has 39 heavy (non-hydrogen) atoms. The highest BCUT2D eigenvalue weighted by Crippen LogP contribution is 2.33. The molecule has 0 aliphatic carbocycles. The number of hydrogen-bond acceptors (Lipinski definition) is 11. The van der Waals surface area contributed by atoms with E-state index in [1.165, 1.54) is 23.0 Å². The highest BCUT2D eigenvalue weighted by molar-refractivity contribution is 6.03. The Hall–Kier alpha value is -4.50. The van der Waals surface area contributed by atoms with E-state index in [0.717, 1.165) is 5.56 Å². The summed E-state index contributed by atoms with van der Waals surface area (Å²) in [6, 6.07) is 14.5. The summed E-state index contributed by atoms with van der Waals surface area (Å²) >= 11 is 0.